The average molecular weight is 306 g/mol. The van der Waals surface area contributed by atoms with Gasteiger partial charge in [-0.1, -0.05) is 6.07 Å². The van der Waals surface area contributed by atoms with E-state index < -0.39 is 24.0 Å². The Bertz CT molecular complexity index is 745. The molecule has 0 aliphatic carbocycles. The molecule has 2 aromatic heterocycles. The molecule has 1 fully saturated rings. The summed E-state index contributed by atoms with van der Waals surface area (Å²) in [6.45, 7) is -0.250. The van der Waals surface area contributed by atoms with Gasteiger partial charge in [-0.3, -0.25) is 4.40 Å². The largest absolute Gasteiger partial charge is 0.394 e. The molecule has 1 aliphatic rings. The van der Waals surface area contributed by atoms with Gasteiger partial charge >= 0.3 is 5.69 Å². The highest BCUT2D eigenvalue weighted by atomic mass is 16.5. The Balaban J connectivity index is 2.12. The van der Waals surface area contributed by atoms with Crippen LogP contribution in [-0.4, -0.2) is 57.5 Å². The van der Waals surface area contributed by atoms with Crippen LogP contribution in [0.15, 0.2) is 23.1 Å². The van der Waals surface area contributed by atoms with E-state index in [0.717, 1.165) is 0 Å². The number of hydrogen-bond donors (Lipinski definition) is 2. The number of rotatable bonds is 3. The molecule has 1 aliphatic heterocycles. The molecule has 0 bridgehead atoms. The van der Waals surface area contributed by atoms with Crippen LogP contribution in [0.5, 0.6) is 0 Å². The predicted molar refractivity (Wildman–Crippen MR) is 78.9 cm³/mol. The molecule has 8 heteroatoms. The maximum absolute atomic E-state index is 12.1. The van der Waals surface area contributed by atoms with Crippen LogP contribution in [0.4, 0.5) is 5.95 Å². The van der Waals surface area contributed by atoms with Crippen molar-refractivity contribution in [2.75, 3.05) is 25.6 Å². The number of pyridine rings is 1. The van der Waals surface area contributed by atoms with Gasteiger partial charge in [-0.2, -0.15) is 9.97 Å². The number of aromatic nitrogens is 3. The predicted octanol–water partition coefficient (Wildman–Crippen LogP) is -0.661. The molecule has 3 heterocycles. The molecule has 3 atom stereocenters. The van der Waals surface area contributed by atoms with Crippen molar-refractivity contribution in [3.05, 3.63) is 34.4 Å². The van der Waals surface area contributed by atoms with E-state index in [0.29, 0.717) is 23.6 Å². The van der Waals surface area contributed by atoms with Crippen LogP contribution in [0, 0.1) is 0 Å². The molecule has 0 saturated carbocycles. The summed E-state index contributed by atoms with van der Waals surface area (Å²) in [5.74, 6) is 0.315. The number of aliphatic hydroxyl groups is 2. The molecule has 1 saturated heterocycles. The Morgan fingerprint density at radius 1 is 1.45 bits per heavy atom. The Morgan fingerprint density at radius 2 is 2.23 bits per heavy atom. The normalized spacial score (nSPS) is 24.8. The molecule has 0 aromatic carbocycles. The van der Waals surface area contributed by atoms with Crippen molar-refractivity contribution in [3.8, 4) is 0 Å². The summed E-state index contributed by atoms with van der Waals surface area (Å²) in [4.78, 5) is 22.1. The maximum atomic E-state index is 12.1. The standard InChI is InChI=1S/C14H18N4O4/c1-17(2)13-15-12-8(4-3-5-18(12)14(21)16-13)10-6-9(20)11(7-19)22-10/h3-5,9-11,19-20H,6-7H2,1-2H3/t9-,10+,11+/m0/s1. The fourth-order valence-corrected chi connectivity index (χ4v) is 2.59. The van der Waals surface area contributed by atoms with E-state index in [4.69, 9.17) is 4.74 Å². The summed E-state index contributed by atoms with van der Waals surface area (Å²) in [5.41, 5.74) is 0.717. The molecular formula is C14H18N4O4. The second kappa shape index (κ2) is 5.64. The summed E-state index contributed by atoms with van der Waals surface area (Å²) in [6.07, 6.45) is 0.160. The summed E-state index contributed by atoms with van der Waals surface area (Å²) in [6, 6.07) is 3.52. The van der Waals surface area contributed by atoms with E-state index in [-0.39, 0.29) is 6.61 Å². The number of nitrogens with zero attached hydrogens (tertiary/aromatic N) is 4. The van der Waals surface area contributed by atoms with Gasteiger partial charge in [0.1, 0.15) is 6.10 Å². The number of hydrogen-bond acceptors (Lipinski definition) is 7. The third-order valence-electron chi connectivity index (χ3n) is 3.76. The smallest absolute Gasteiger partial charge is 0.356 e. The van der Waals surface area contributed by atoms with Crippen molar-refractivity contribution in [2.24, 2.45) is 0 Å². The van der Waals surface area contributed by atoms with Crippen LogP contribution in [0.1, 0.15) is 18.1 Å². The molecule has 2 aromatic rings. The van der Waals surface area contributed by atoms with Crippen LogP contribution >= 0.6 is 0 Å². The molecular weight excluding hydrogens is 288 g/mol. The molecule has 0 unspecified atom stereocenters. The highest BCUT2D eigenvalue weighted by Crippen LogP contribution is 2.34. The topological polar surface area (TPSA) is 100 Å². The zero-order valence-corrected chi connectivity index (χ0v) is 12.4. The first-order chi connectivity index (χ1) is 10.5. The lowest BCUT2D eigenvalue weighted by molar-refractivity contribution is -0.0223. The molecule has 0 radical (unpaired) electrons. The molecule has 22 heavy (non-hydrogen) atoms. The van der Waals surface area contributed by atoms with Crippen molar-refractivity contribution in [3.63, 3.8) is 0 Å². The van der Waals surface area contributed by atoms with Crippen molar-refractivity contribution in [2.45, 2.75) is 24.7 Å². The molecule has 3 rings (SSSR count). The Labute approximate surface area is 126 Å². The van der Waals surface area contributed by atoms with Crippen molar-refractivity contribution in [1.29, 1.82) is 0 Å². The monoisotopic (exact) mass is 306 g/mol. The molecule has 0 amide bonds. The lowest BCUT2D eigenvalue weighted by Crippen LogP contribution is -2.25. The van der Waals surface area contributed by atoms with E-state index in [1.54, 1.807) is 37.3 Å². The van der Waals surface area contributed by atoms with Gasteiger partial charge in [-0.05, 0) is 6.07 Å². The highest BCUT2D eigenvalue weighted by Gasteiger charge is 2.35. The summed E-state index contributed by atoms with van der Waals surface area (Å²) >= 11 is 0. The first-order valence-electron chi connectivity index (χ1n) is 7.02. The van der Waals surface area contributed by atoms with Gasteiger partial charge in [0, 0.05) is 32.3 Å². The van der Waals surface area contributed by atoms with Crippen LogP contribution in [-0.2, 0) is 4.74 Å². The van der Waals surface area contributed by atoms with Gasteiger partial charge in [0.2, 0.25) is 5.95 Å². The fourth-order valence-electron chi connectivity index (χ4n) is 2.59. The lowest BCUT2D eigenvalue weighted by atomic mass is 10.1. The third kappa shape index (κ3) is 2.45. The SMILES string of the molecule is CN(C)c1nc(=O)n2cccc([C@H]3C[C@H](O)[C@@H](CO)O3)c2n1. The van der Waals surface area contributed by atoms with Crippen molar-refractivity contribution in [1.82, 2.24) is 14.4 Å². The number of anilines is 1. The van der Waals surface area contributed by atoms with Gasteiger partial charge in [-0.15, -0.1) is 0 Å². The second-order valence-corrected chi connectivity index (χ2v) is 5.51. The average Bonchev–Trinajstić information content (AvgIpc) is 2.87. The molecule has 118 valence electrons. The van der Waals surface area contributed by atoms with Crippen molar-refractivity contribution >= 4 is 11.6 Å². The number of ether oxygens (including phenoxy) is 1. The van der Waals surface area contributed by atoms with E-state index in [2.05, 4.69) is 9.97 Å². The molecule has 0 spiro atoms. The lowest BCUT2D eigenvalue weighted by Gasteiger charge is -2.16. The third-order valence-corrected chi connectivity index (χ3v) is 3.76. The summed E-state index contributed by atoms with van der Waals surface area (Å²) in [7, 11) is 3.51. The quantitative estimate of drug-likeness (QED) is 0.776. The Kier molecular flexibility index (Phi) is 3.81. The highest BCUT2D eigenvalue weighted by molar-refractivity contribution is 5.51. The van der Waals surface area contributed by atoms with E-state index in [1.807, 2.05) is 0 Å². The minimum atomic E-state index is -0.739. The number of fused-ring (bicyclic) bond motifs is 1. The van der Waals surface area contributed by atoms with Gasteiger partial charge in [0.25, 0.3) is 0 Å². The molecule has 8 nitrogen and oxygen atoms in total. The van der Waals surface area contributed by atoms with Crippen LogP contribution in [0.25, 0.3) is 5.65 Å². The molecule has 2 N–H and O–H groups in total. The van der Waals surface area contributed by atoms with Crippen LogP contribution < -0.4 is 10.6 Å². The van der Waals surface area contributed by atoms with Gasteiger partial charge in [-0.25, -0.2) is 4.79 Å². The van der Waals surface area contributed by atoms with Gasteiger partial charge in [0.05, 0.1) is 18.8 Å². The first-order valence-corrected chi connectivity index (χ1v) is 7.02. The zero-order chi connectivity index (χ0) is 15.9. The van der Waals surface area contributed by atoms with Gasteiger partial charge in [0.15, 0.2) is 5.65 Å². The van der Waals surface area contributed by atoms with E-state index >= 15 is 0 Å². The summed E-state index contributed by atoms with van der Waals surface area (Å²) < 4.78 is 7.02. The maximum Gasteiger partial charge on any atom is 0.356 e. The van der Waals surface area contributed by atoms with Crippen LogP contribution in [0.2, 0.25) is 0 Å². The van der Waals surface area contributed by atoms with E-state index in [9.17, 15) is 15.0 Å². The minimum Gasteiger partial charge on any atom is -0.394 e. The summed E-state index contributed by atoms with van der Waals surface area (Å²) in [5, 5.41) is 19.1. The zero-order valence-electron chi connectivity index (χ0n) is 12.4. The first kappa shape index (κ1) is 14.9. The Hall–Kier alpha value is -2.03. The second-order valence-electron chi connectivity index (χ2n) is 5.51. The van der Waals surface area contributed by atoms with E-state index in [1.165, 1.54) is 4.40 Å². The minimum absolute atomic E-state index is 0.250. The van der Waals surface area contributed by atoms with Crippen LogP contribution in [0.3, 0.4) is 0 Å². The van der Waals surface area contributed by atoms with Gasteiger partial charge < -0.3 is 19.8 Å². The fraction of sp³-hybridized carbons (Fsp3) is 0.500. The Morgan fingerprint density at radius 3 is 2.86 bits per heavy atom. The van der Waals surface area contributed by atoms with Crippen molar-refractivity contribution < 1.29 is 14.9 Å². The number of aliphatic hydroxyl groups excluding tert-OH is 2.